The van der Waals surface area contributed by atoms with Crippen LogP contribution in [0.25, 0.3) is 10.9 Å². The molecule has 0 bridgehead atoms. The number of azo groups is 1. The molecule has 4 rings (SSSR count). The van der Waals surface area contributed by atoms with E-state index in [0.29, 0.717) is 27.2 Å². The van der Waals surface area contributed by atoms with Gasteiger partial charge in [0, 0.05) is 17.5 Å². The van der Waals surface area contributed by atoms with E-state index in [1.54, 1.807) is 62.5 Å². The Morgan fingerprint density at radius 3 is 2.43 bits per heavy atom. The summed E-state index contributed by atoms with van der Waals surface area (Å²) in [6, 6.07) is 18.2. The van der Waals surface area contributed by atoms with Crippen molar-refractivity contribution in [3.63, 3.8) is 0 Å². The summed E-state index contributed by atoms with van der Waals surface area (Å²) >= 11 is 6.06. The molecule has 10 heteroatoms. The van der Waals surface area contributed by atoms with Crippen molar-refractivity contribution in [3.8, 4) is 5.88 Å². The molecule has 0 fully saturated rings. The summed E-state index contributed by atoms with van der Waals surface area (Å²) in [5.74, 6) is -0.956. The van der Waals surface area contributed by atoms with Crippen molar-refractivity contribution < 1.29 is 18.3 Å². The molecule has 1 aromatic heterocycles. The number of carbonyl (C=O) groups excluding carboxylic acids is 1. The molecule has 0 unspecified atom stereocenters. The van der Waals surface area contributed by atoms with Crippen molar-refractivity contribution in [2.45, 2.75) is 18.7 Å². The Morgan fingerprint density at radius 1 is 1.06 bits per heavy atom. The number of sulfonamides is 1. The molecule has 3 aromatic carbocycles. The van der Waals surface area contributed by atoms with Crippen molar-refractivity contribution in [1.82, 2.24) is 4.57 Å². The molecule has 0 radical (unpaired) electrons. The van der Waals surface area contributed by atoms with Gasteiger partial charge in [0.2, 0.25) is 5.88 Å². The molecule has 4 aromatic rings. The smallest absolute Gasteiger partial charge is 0.285 e. The number of benzene rings is 3. The van der Waals surface area contributed by atoms with Crippen LogP contribution >= 0.6 is 11.6 Å². The maximum atomic E-state index is 13.5. The maximum absolute atomic E-state index is 13.5. The standard InChI is InChI=1S/C25H23ClN4O4S/c1-16-8-11-19(12-9-16)35(33,34)30(21-13-10-18(26)14-17(21)2)15-23(31)27-28-24-20-6-4-5-7-22(20)29(3)25(24)32/h4-14,32H,15H2,1-3H3. The third kappa shape index (κ3) is 4.78. The van der Waals surface area contributed by atoms with Crippen LogP contribution in [0.4, 0.5) is 11.4 Å². The van der Waals surface area contributed by atoms with E-state index in [9.17, 15) is 18.3 Å². The zero-order valence-corrected chi connectivity index (χ0v) is 20.9. The van der Waals surface area contributed by atoms with Crippen LogP contribution in [0.2, 0.25) is 5.02 Å². The molecule has 0 atom stereocenters. The molecule has 8 nitrogen and oxygen atoms in total. The van der Waals surface area contributed by atoms with Gasteiger partial charge in [-0.3, -0.25) is 9.10 Å². The first-order valence-electron chi connectivity index (χ1n) is 10.7. The third-order valence-electron chi connectivity index (χ3n) is 5.63. The Kier molecular flexibility index (Phi) is 6.64. The van der Waals surface area contributed by atoms with Crippen LogP contribution in [0.1, 0.15) is 11.1 Å². The van der Waals surface area contributed by atoms with Crippen molar-refractivity contribution in [2.75, 3.05) is 10.8 Å². The third-order valence-corrected chi connectivity index (χ3v) is 7.64. The Balaban J connectivity index is 1.72. The lowest BCUT2D eigenvalue weighted by Gasteiger charge is -2.24. The molecule has 0 aliphatic rings. The Morgan fingerprint density at radius 2 is 1.74 bits per heavy atom. The van der Waals surface area contributed by atoms with E-state index in [2.05, 4.69) is 10.2 Å². The quantitative estimate of drug-likeness (QED) is 0.338. The van der Waals surface area contributed by atoms with E-state index < -0.39 is 22.5 Å². The van der Waals surface area contributed by atoms with Gasteiger partial charge in [0.1, 0.15) is 6.54 Å². The highest BCUT2D eigenvalue weighted by Crippen LogP contribution is 2.38. The molecule has 0 spiro atoms. The number of fused-ring (bicyclic) bond motifs is 1. The summed E-state index contributed by atoms with van der Waals surface area (Å²) < 4.78 is 29.6. The second-order valence-electron chi connectivity index (χ2n) is 8.10. The molecule has 1 heterocycles. The zero-order valence-electron chi connectivity index (χ0n) is 19.3. The largest absolute Gasteiger partial charge is 0.493 e. The molecule has 1 amide bonds. The minimum atomic E-state index is -4.11. The SMILES string of the molecule is Cc1ccc(S(=O)(=O)N(CC(=O)N=Nc2c(O)n(C)c3ccccc23)c2ccc(Cl)cc2C)cc1. The Labute approximate surface area is 208 Å². The fourth-order valence-electron chi connectivity index (χ4n) is 3.75. The number of para-hydroxylation sites is 1. The normalized spacial score (nSPS) is 11.9. The average Bonchev–Trinajstić information content (AvgIpc) is 3.06. The number of halogens is 1. The summed E-state index contributed by atoms with van der Waals surface area (Å²) in [4.78, 5) is 12.9. The van der Waals surface area contributed by atoms with E-state index in [1.165, 1.54) is 16.7 Å². The number of aromatic nitrogens is 1. The van der Waals surface area contributed by atoms with Gasteiger partial charge in [0.05, 0.1) is 16.1 Å². The second-order valence-corrected chi connectivity index (χ2v) is 10.4. The van der Waals surface area contributed by atoms with Gasteiger partial charge in [-0.2, -0.15) is 0 Å². The molecular formula is C25H23ClN4O4S. The monoisotopic (exact) mass is 510 g/mol. The lowest BCUT2D eigenvalue weighted by molar-refractivity contribution is -0.116. The van der Waals surface area contributed by atoms with Gasteiger partial charge < -0.3 is 9.67 Å². The number of amides is 1. The minimum absolute atomic E-state index is 0.0360. The van der Waals surface area contributed by atoms with Gasteiger partial charge >= 0.3 is 0 Å². The first-order chi connectivity index (χ1) is 16.6. The van der Waals surface area contributed by atoms with Crippen LogP contribution in [0.15, 0.2) is 81.9 Å². The Hall–Kier alpha value is -3.69. The van der Waals surface area contributed by atoms with E-state index in [-0.39, 0.29) is 16.5 Å². The van der Waals surface area contributed by atoms with Gasteiger partial charge in [-0.25, -0.2) is 8.42 Å². The van der Waals surface area contributed by atoms with Gasteiger partial charge in [-0.15, -0.1) is 10.2 Å². The number of aryl methyl sites for hydroxylation is 3. The first kappa shape index (κ1) is 24.4. The van der Waals surface area contributed by atoms with Gasteiger partial charge in [-0.05, 0) is 55.8 Å². The highest BCUT2D eigenvalue weighted by molar-refractivity contribution is 7.92. The van der Waals surface area contributed by atoms with Crippen molar-refractivity contribution >= 4 is 49.8 Å². The van der Waals surface area contributed by atoms with Crippen molar-refractivity contribution in [1.29, 1.82) is 0 Å². The molecule has 0 aliphatic carbocycles. The fourth-order valence-corrected chi connectivity index (χ4v) is 5.46. The first-order valence-corrected chi connectivity index (χ1v) is 12.5. The number of rotatable bonds is 6. The number of aromatic hydroxyl groups is 1. The van der Waals surface area contributed by atoms with Gasteiger partial charge in [0.15, 0.2) is 5.69 Å². The molecular weight excluding hydrogens is 488 g/mol. The number of hydrogen-bond acceptors (Lipinski definition) is 5. The van der Waals surface area contributed by atoms with Crippen LogP contribution < -0.4 is 4.31 Å². The fraction of sp³-hybridized carbons (Fsp3) is 0.160. The highest BCUT2D eigenvalue weighted by Gasteiger charge is 2.28. The van der Waals surface area contributed by atoms with E-state index in [4.69, 9.17) is 11.6 Å². The van der Waals surface area contributed by atoms with Crippen molar-refractivity contribution in [2.24, 2.45) is 17.3 Å². The van der Waals surface area contributed by atoms with Crippen LogP contribution in [0, 0.1) is 13.8 Å². The molecule has 0 aliphatic heterocycles. The molecule has 180 valence electrons. The van der Waals surface area contributed by atoms with Gasteiger partial charge in [0.25, 0.3) is 15.9 Å². The summed E-state index contributed by atoms with van der Waals surface area (Å²) in [5, 5.41) is 19.2. The zero-order chi connectivity index (χ0) is 25.3. The predicted molar refractivity (Wildman–Crippen MR) is 136 cm³/mol. The van der Waals surface area contributed by atoms with E-state index >= 15 is 0 Å². The summed E-state index contributed by atoms with van der Waals surface area (Å²) in [7, 11) is -2.44. The van der Waals surface area contributed by atoms with Crippen LogP contribution in [-0.2, 0) is 21.9 Å². The lowest BCUT2D eigenvalue weighted by atomic mass is 10.2. The predicted octanol–water partition coefficient (Wildman–Crippen LogP) is 5.66. The molecule has 1 N–H and O–H groups in total. The number of hydrogen-bond donors (Lipinski definition) is 1. The second kappa shape index (κ2) is 9.52. The molecule has 0 saturated carbocycles. The minimum Gasteiger partial charge on any atom is -0.493 e. The number of carbonyl (C=O) groups is 1. The maximum Gasteiger partial charge on any atom is 0.285 e. The number of nitrogens with zero attached hydrogens (tertiary/aromatic N) is 4. The van der Waals surface area contributed by atoms with Crippen LogP contribution in [0.5, 0.6) is 5.88 Å². The van der Waals surface area contributed by atoms with Crippen molar-refractivity contribution in [3.05, 3.63) is 82.9 Å². The highest BCUT2D eigenvalue weighted by atomic mass is 35.5. The Bertz CT molecular complexity index is 1560. The molecule has 0 saturated heterocycles. The van der Waals surface area contributed by atoms with Crippen LogP contribution in [-0.4, -0.2) is 30.5 Å². The number of anilines is 1. The summed E-state index contributed by atoms with van der Waals surface area (Å²) in [6.07, 6.45) is 0. The molecule has 35 heavy (non-hydrogen) atoms. The summed E-state index contributed by atoms with van der Waals surface area (Å²) in [5.41, 5.74) is 2.62. The van der Waals surface area contributed by atoms with Gasteiger partial charge in [-0.1, -0.05) is 47.5 Å². The summed E-state index contributed by atoms with van der Waals surface area (Å²) in [6.45, 7) is 2.97. The average molecular weight is 511 g/mol. The van der Waals surface area contributed by atoms with Crippen LogP contribution in [0.3, 0.4) is 0 Å². The lowest BCUT2D eigenvalue weighted by Crippen LogP contribution is -2.35. The topological polar surface area (TPSA) is 104 Å². The van der Waals surface area contributed by atoms with E-state index in [1.807, 2.05) is 13.0 Å². The van der Waals surface area contributed by atoms with E-state index in [0.717, 1.165) is 9.87 Å².